The van der Waals surface area contributed by atoms with Gasteiger partial charge in [-0.3, -0.25) is 4.79 Å². The fraction of sp³-hybridized carbons (Fsp3) is 0.464. The van der Waals surface area contributed by atoms with Gasteiger partial charge < -0.3 is 24.8 Å². The molecule has 0 spiro atoms. The van der Waals surface area contributed by atoms with E-state index < -0.39 is 29.3 Å². The summed E-state index contributed by atoms with van der Waals surface area (Å²) in [6.07, 6.45) is -1.15. The third-order valence-electron chi connectivity index (χ3n) is 6.62. The van der Waals surface area contributed by atoms with Gasteiger partial charge in [0.05, 0.1) is 12.0 Å². The van der Waals surface area contributed by atoms with E-state index in [-0.39, 0.29) is 31.4 Å². The highest BCUT2D eigenvalue weighted by atomic mass is 16.6. The first-order chi connectivity index (χ1) is 17.0. The lowest BCUT2D eigenvalue weighted by Gasteiger charge is -2.45. The van der Waals surface area contributed by atoms with Gasteiger partial charge >= 0.3 is 18.2 Å². The van der Waals surface area contributed by atoms with Crippen LogP contribution < -0.4 is 5.32 Å². The van der Waals surface area contributed by atoms with Crippen LogP contribution >= 0.6 is 0 Å². The molecule has 1 saturated heterocycles. The maximum atomic E-state index is 13.0. The molecule has 2 aromatic rings. The Bertz CT molecular complexity index is 1110. The predicted molar refractivity (Wildman–Crippen MR) is 135 cm³/mol. The molecule has 1 heterocycles. The van der Waals surface area contributed by atoms with Crippen LogP contribution in [0.5, 0.6) is 0 Å². The Balaban J connectivity index is 1.49. The van der Waals surface area contributed by atoms with E-state index in [0.717, 1.165) is 22.3 Å². The van der Waals surface area contributed by atoms with Crippen molar-refractivity contribution in [2.75, 3.05) is 19.7 Å². The highest BCUT2D eigenvalue weighted by Gasteiger charge is 2.44. The second-order valence-corrected chi connectivity index (χ2v) is 11.0. The standard InChI is InChI=1S/C28H34N2O6/c1-18-13-28(14-24(31)32,17-30(15-18)26(34)36-27(2,3)4)29-25(33)35-16-23-21-11-7-5-9-19(21)20-10-6-8-12-22(20)23/h5-12,18,23H,13-17H2,1-4H3,(H,29,33)(H,31,32). The van der Waals surface area contributed by atoms with Crippen molar-refractivity contribution in [2.45, 2.75) is 57.6 Å². The van der Waals surface area contributed by atoms with Crippen molar-refractivity contribution in [2.24, 2.45) is 5.92 Å². The van der Waals surface area contributed by atoms with Crippen molar-refractivity contribution in [3.05, 3.63) is 59.7 Å². The zero-order chi connectivity index (χ0) is 26.1. The summed E-state index contributed by atoms with van der Waals surface area (Å²) in [6, 6.07) is 16.1. The molecule has 2 unspecified atom stereocenters. The number of amides is 2. The summed E-state index contributed by atoms with van der Waals surface area (Å²) in [7, 11) is 0. The van der Waals surface area contributed by atoms with Gasteiger partial charge in [-0.15, -0.1) is 0 Å². The Morgan fingerprint density at radius 1 is 1.06 bits per heavy atom. The maximum Gasteiger partial charge on any atom is 0.410 e. The molecule has 4 rings (SSSR count). The van der Waals surface area contributed by atoms with E-state index in [4.69, 9.17) is 9.47 Å². The van der Waals surface area contributed by atoms with Crippen molar-refractivity contribution in [1.82, 2.24) is 10.2 Å². The lowest BCUT2D eigenvalue weighted by atomic mass is 9.81. The molecule has 8 nitrogen and oxygen atoms in total. The molecule has 2 N–H and O–H groups in total. The Morgan fingerprint density at radius 3 is 2.19 bits per heavy atom. The zero-order valence-corrected chi connectivity index (χ0v) is 21.2. The quantitative estimate of drug-likeness (QED) is 0.605. The number of nitrogens with zero attached hydrogens (tertiary/aromatic N) is 1. The first-order valence-electron chi connectivity index (χ1n) is 12.3. The smallest absolute Gasteiger partial charge is 0.410 e. The molecule has 2 aromatic carbocycles. The number of hydrogen-bond acceptors (Lipinski definition) is 5. The number of alkyl carbamates (subject to hydrolysis) is 1. The molecule has 8 heteroatoms. The number of carbonyl (C=O) groups excluding carboxylic acids is 2. The van der Waals surface area contributed by atoms with Gasteiger partial charge in [0.15, 0.2) is 0 Å². The van der Waals surface area contributed by atoms with E-state index in [9.17, 15) is 19.5 Å². The third-order valence-corrected chi connectivity index (χ3v) is 6.62. The Kier molecular flexibility index (Phi) is 6.98. The van der Waals surface area contributed by atoms with Crippen LogP contribution in [0.3, 0.4) is 0 Å². The van der Waals surface area contributed by atoms with Crippen LogP contribution in [-0.2, 0) is 14.3 Å². The molecule has 2 atom stereocenters. The van der Waals surface area contributed by atoms with Gasteiger partial charge in [0, 0.05) is 19.0 Å². The third kappa shape index (κ3) is 5.64. The summed E-state index contributed by atoms with van der Waals surface area (Å²) in [5.41, 5.74) is 2.58. The van der Waals surface area contributed by atoms with Crippen LogP contribution in [0.2, 0.25) is 0 Å². The van der Waals surface area contributed by atoms with Gasteiger partial charge in [-0.05, 0) is 55.4 Å². The fourth-order valence-corrected chi connectivity index (χ4v) is 5.47. The number of hydrogen-bond donors (Lipinski definition) is 2. The van der Waals surface area contributed by atoms with E-state index in [1.165, 1.54) is 4.90 Å². The molecule has 2 aliphatic rings. The van der Waals surface area contributed by atoms with Crippen molar-refractivity contribution < 1.29 is 29.0 Å². The Hall–Kier alpha value is -3.55. The Morgan fingerprint density at radius 2 is 1.64 bits per heavy atom. The number of carboxylic acids is 1. The van der Waals surface area contributed by atoms with Gasteiger partial charge in [-0.1, -0.05) is 55.5 Å². The van der Waals surface area contributed by atoms with Gasteiger partial charge in [0.2, 0.25) is 0 Å². The summed E-state index contributed by atoms with van der Waals surface area (Å²) in [5.74, 6) is -1.21. The van der Waals surface area contributed by atoms with Gasteiger partial charge in [-0.25, -0.2) is 9.59 Å². The lowest BCUT2D eigenvalue weighted by Crippen LogP contribution is -2.62. The zero-order valence-electron chi connectivity index (χ0n) is 21.2. The molecule has 0 bridgehead atoms. The van der Waals surface area contributed by atoms with E-state index >= 15 is 0 Å². The van der Waals surface area contributed by atoms with E-state index in [0.29, 0.717) is 13.0 Å². The minimum Gasteiger partial charge on any atom is -0.481 e. The van der Waals surface area contributed by atoms with E-state index in [2.05, 4.69) is 17.4 Å². The number of rotatable bonds is 5. The van der Waals surface area contributed by atoms with Gasteiger partial charge in [-0.2, -0.15) is 0 Å². The van der Waals surface area contributed by atoms with Crippen LogP contribution in [0.15, 0.2) is 48.5 Å². The van der Waals surface area contributed by atoms with Crippen LogP contribution in [0.1, 0.15) is 57.6 Å². The topological polar surface area (TPSA) is 105 Å². The van der Waals surface area contributed by atoms with Crippen molar-refractivity contribution in [3.8, 4) is 11.1 Å². The predicted octanol–water partition coefficient (Wildman–Crippen LogP) is 5.02. The molecule has 0 saturated carbocycles. The first kappa shape index (κ1) is 25.5. The molecule has 1 aliphatic carbocycles. The summed E-state index contributed by atoms with van der Waals surface area (Å²) < 4.78 is 11.2. The molecule has 1 aliphatic heterocycles. The van der Waals surface area contributed by atoms with E-state index in [1.807, 2.05) is 43.3 Å². The SMILES string of the molecule is CC1CN(C(=O)OC(C)(C)C)CC(CC(=O)O)(NC(=O)OCC2c3ccccc3-c3ccccc32)C1. The minimum absolute atomic E-state index is 0.0305. The molecule has 0 aromatic heterocycles. The van der Waals surface area contributed by atoms with Crippen molar-refractivity contribution in [1.29, 1.82) is 0 Å². The first-order valence-corrected chi connectivity index (χ1v) is 12.3. The number of carboxylic acid groups (broad SMARTS) is 1. The number of benzene rings is 2. The number of fused-ring (bicyclic) bond motifs is 3. The highest BCUT2D eigenvalue weighted by molar-refractivity contribution is 5.79. The monoisotopic (exact) mass is 494 g/mol. The van der Waals surface area contributed by atoms with Crippen molar-refractivity contribution >= 4 is 18.2 Å². The number of aliphatic carboxylic acids is 1. The summed E-state index contributed by atoms with van der Waals surface area (Å²) in [5, 5.41) is 12.5. The second kappa shape index (κ2) is 9.84. The average molecular weight is 495 g/mol. The summed E-state index contributed by atoms with van der Waals surface area (Å²) >= 11 is 0. The molecule has 1 fully saturated rings. The molecular weight excluding hydrogens is 460 g/mol. The largest absolute Gasteiger partial charge is 0.481 e. The maximum absolute atomic E-state index is 13.0. The molecular formula is C28H34N2O6. The van der Waals surface area contributed by atoms with Crippen LogP contribution in [0, 0.1) is 5.92 Å². The number of nitrogens with one attached hydrogen (secondary N) is 1. The fourth-order valence-electron chi connectivity index (χ4n) is 5.47. The summed E-state index contributed by atoms with van der Waals surface area (Å²) in [4.78, 5) is 39.1. The molecule has 36 heavy (non-hydrogen) atoms. The van der Waals surface area contributed by atoms with Crippen molar-refractivity contribution in [3.63, 3.8) is 0 Å². The number of ether oxygens (including phenoxy) is 2. The lowest BCUT2D eigenvalue weighted by molar-refractivity contribution is -0.139. The van der Waals surface area contributed by atoms with E-state index in [1.54, 1.807) is 20.8 Å². The number of likely N-dealkylation sites (tertiary alicyclic amines) is 1. The summed E-state index contributed by atoms with van der Waals surface area (Å²) in [6.45, 7) is 7.82. The Labute approximate surface area is 211 Å². The highest BCUT2D eigenvalue weighted by Crippen LogP contribution is 2.44. The second-order valence-electron chi connectivity index (χ2n) is 11.0. The normalized spacial score (nSPS) is 21.3. The minimum atomic E-state index is -1.16. The molecule has 2 amide bonds. The van der Waals surface area contributed by atoms with Crippen LogP contribution in [0.25, 0.3) is 11.1 Å². The molecule has 0 radical (unpaired) electrons. The van der Waals surface area contributed by atoms with Crippen LogP contribution in [0.4, 0.5) is 9.59 Å². The number of piperidine rings is 1. The number of carbonyl (C=O) groups is 3. The average Bonchev–Trinajstić information content (AvgIpc) is 3.09. The molecule has 192 valence electrons. The van der Waals surface area contributed by atoms with Gasteiger partial charge in [0.25, 0.3) is 0 Å². The van der Waals surface area contributed by atoms with Crippen LogP contribution in [-0.4, -0.2) is 59.0 Å². The van der Waals surface area contributed by atoms with Gasteiger partial charge in [0.1, 0.15) is 12.2 Å².